The van der Waals surface area contributed by atoms with E-state index in [1.807, 2.05) is 19.9 Å². The number of aromatic carboxylic acids is 2. The lowest BCUT2D eigenvalue weighted by Crippen LogP contribution is -2.00. The van der Waals surface area contributed by atoms with E-state index in [-0.39, 0.29) is 15.6 Å². The Bertz CT molecular complexity index is 650. The van der Waals surface area contributed by atoms with E-state index in [1.165, 1.54) is 18.2 Å². The number of rotatable bonds is 2. The number of carbonyl (C=O) groups is 2. The largest absolute Gasteiger partial charge is 0.478 e. The zero-order valence-corrected chi connectivity index (χ0v) is 13.4. The van der Waals surface area contributed by atoms with Gasteiger partial charge in [-0.25, -0.2) is 9.59 Å². The summed E-state index contributed by atoms with van der Waals surface area (Å²) in [6.07, 6.45) is 0. The Hall–Kier alpha value is -2.04. The van der Waals surface area contributed by atoms with E-state index in [1.54, 1.807) is 12.1 Å². The van der Waals surface area contributed by atoms with Crippen LogP contribution in [-0.4, -0.2) is 22.2 Å². The van der Waals surface area contributed by atoms with Gasteiger partial charge in [-0.1, -0.05) is 41.4 Å². The maximum atomic E-state index is 10.6. The normalized spacial score (nSPS) is 9.64. The summed E-state index contributed by atoms with van der Waals surface area (Å²) in [6.45, 7) is 3.72. The first-order valence-corrected chi connectivity index (χ1v) is 6.98. The number of carboxylic acid groups (broad SMARTS) is 2. The molecule has 0 fully saturated rings. The van der Waals surface area contributed by atoms with Crippen molar-refractivity contribution in [3.8, 4) is 0 Å². The molecule has 0 aliphatic carbocycles. The van der Waals surface area contributed by atoms with Gasteiger partial charge in [-0.2, -0.15) is 0 Å². The summed E-state index contributed by atoms with van der Waals surface area (Å²) >= 11 is 11.1. The molecule has 2 N–H and O–H groups in total. The summed E-state index contributed by atoms with van der Waals surface area (Å²) < 4.78 is 0. The van der Waals surface area contributed by atoms with Gasteiger partial charge in [-0.3, -0.25) is 0 Å². The standard InChI is InChI=1S/C9H10O2.C7H4Cl2O2/c1-6-4-3-5-8(7(6)2)9(10)11;8-5-3-1-2-4(6(5)9)7(10)11/h3-5H,1-2H3,(H,10,11);1-3H,(H,10,11). The lowest BCUT2D eigenvalue weighted by molar-refractivity contribution is 0.0685. The zero-order valence-electron chi connectivity index (χ0n) is 11.9. The van der Waals surface area contributed by atoms with Crippen molar-refractivity contribution in [1.82, 2.24) is 0 Å². The van der Waals surface area contributed by atoms with Crippen molar-refractivity contribution >= 4 is 35.1 Å². The SMILES string of the molecule is Cc1cccc(C(=O)O)c1C.O=C(O)c1cccc(Cl)c1Cl. The van der Waals surface area contributed by atoms with Gasteiger partial charge in [0.2, 0.25) is 0 Å². The van der Waals surface area contributed by atoms with E-state index in [9.17, 15) is 9.59 Å². The number of halogens is 2. The zero-order chi connectivity index (χ0) is 16.9. The lowest BCUT2D eigenvalue weighted by Gasteiger charge is -2.02. The second kappa shape index (κ2) is 7.82. The van der Waals surface area contributed by atoms with Gasteiger partial charge in [0.15, 0.2) is 0 Å². The van der Waals surface area contributed by atoms with Crippen LogP contribution in [0.3, 0.4) is 0 Å². The van der Waals surface area contributed by atoms with Crippen molar-refractivity contribution in [2.75, 3.05) is 0 Å². The third-order valence-electron chi connectivity index (χ3n) is 3.02. The average Bonchev–Trinajstić information content (AvgIpc) is 2.45. The highest BCUT2D eigenvalue weighted by molar-refractivity contribution is 6.43. The van der Waals surface area contributed by atoms with Crippen LogP contribution in [0, 0.1) is 13.8 Å². The molecule has 2 rings (SSSR count). The van der Waals surface area contributed by atoms with Crippen molar-refractivity contribution in [3.63, 3.8) is 0 Å². The summed E-state index contributed by atoms with van der Waals surface area (Å²) in [7, 11) is 0. The van der Waals surface area contributed by atoms with Crippen LogP contribution in [0.1, 0.15) is 31.8 Å². The van der Waals surface area contributed by atoms with Crippen molar-refractivity contribution in [2.45, 2.75) is 13.8 Å². The van der Waals surface area contributed by atoms with Crippen molar-refractivity contribution in [3.05, 3.63) is 68.7 Å². The Balaban J connectivity index is 0.000000220. The quantitative estimate of drug-likeness (QED) is 0.831. The average molecular weight is 341 g/mol. The molecule has 0 aliphatic heterocycles. The molecule has 0 unspecified atom stereocenters. The van der Waals surface area contributed by atoms with Crippen LogP contribution in [0.4, 0.5) is 0 Å². The Morgan fingerprint density at radius 1 is 0.864 bits per heavy atom. The summed E-state index contributed by atoms with van der Waals surface area (Å²) in [5.41, 5.74) is 2.29. The number of carboxylic acids is 2. The predicted molar refractivity (Wildman–Crippen MR) is 86.3 cm³/mol. The minimum absolute atomic E-state index is 0.0270. The van der Waals surface area contributed by atoms with Crippen molar-refractivity contribution in [1.29, 1.82) is 0 Å². The van der Waals surface area contributed by atoms with E-state index in [0.29, 0.717) is 5.56 Å². The monoisotopic (exact) mass is 340 g/mol. The van der Waals surface area contributed by atoms with E-state index >= 15 is 0 Å². The molecule has 0 aromatic heterocycles. The Morgan fingerprint density at radius 3 is 1.82 bits per heavy atom. The van der Waals surface area contributed by atoms with Gasteiger partial charge < -0.3 is 10.2 Å². The molecular formula is C16H14Cl2O4. The summed E-state index contributed by atoms with van der Waals surface area (Å²) in [5, 5.41) is 17.6. The Labute approximate surface area is 137 Å². The Kier molecular flexibility index (Phi) is 6.40. The van der Waals surface area contributed by atoms with Gasteiger partial charge in [0.05, 0.1) is 21.2 Å². The number of aryl methyl sites for hydroxylation is 1. The maximum absolute atomic E-state index is 10.6. The van der Waals surface area contributed by atoms with Crippen LogP contribution >= 0.6 is 23.2 Å². The summed E-state index contributed by atoms with van der Waals surface area (Å²) in [5.74, 6) is -1.93. The second-order valence-electron chi connectivity index (χ2n) is 4.46. The molecule has 2 aromatic carbocycles. The first-order valence-electron chi connectivity index (χ1n) is 6.22. The van der Waals surface area contributed by atoms with Gasteiger partial charge >= 0.3 is 11.9 Å². The van der Waals surface area contributed by atoms with Gasteiger partial charge in [-0.05, 0) is 43.2 Å². The molecular weight excluding hydrogens is 327 g/mol. The van der Waals surface area contributed by atoms with E-state index in [0.717, 1.165) is 11.1 Å². The topological polar surface area (TPSA) is 74.6 Å². The first-order chi connectivity index (χ1) is 10.3. The lowest BCUT2D eigenvalue weighted by atomic mass is 10.0. The second-order valence-corrected chi connectivity index (χ2v) is 5.24. The molecule has 0 aliphatic rings. The van der Waals surface area contributed by atoms with Crippen LogP contribution in [-0.2, 0) is 0 Å². The maximum Gasteiger partial charge on any atom is 0.337 e. The first kappa shape index (κ1) is 18.0. The summed E-state index contributed by atoms with van der Waals surface area (Å²) in [4.78, 5) is 21.0. The molecule has 0 atom stereocenters. The van der Waals surface area contributed by atoms with E-state index in [4.69, 9.17) is 33.4 Å². The molecule has 0 heterocycles. The fourth-order valence-electron chi connectivity index (χ4n) is 1.65. The molecule has 2 aromatic rings. The highest BCUT2D eigenvalue weighted by Gasteiger charge is 2.09. The molecule has 0 bridgehead atoms. The molecule has 6 heteroatoms. The van der Waals surface area contributed by atoms with Crippen LogP contribution in [0.2, 0.25) is 10.0 Å². The summed E-state index contributed by atoms with van der Waals surface area (Å²) in [6, 6.07) is 9.75. The molecule has 0 amide bonds. The molecule has 22 heavy (non-hydrogen) atoms. The predicted octanol–water partition coefficient (Wildman–Crippen LogP) is 4.69. The van der Waals surface area contributed by atoms with E-state index < -0.39 is 11.9 Å². The molecule has 0 radical (unpaired) electrons. The van der Waals surface area contributed by atoms with E-state index in [2.05, 4.69) is 0 Å². The fourth-order valence-corrected chi connectivity index (χ4v) is 2.03. The van der Waals surface area contributed by atoms with Gasteiger partial charge in [0.25, 0.3) is 0 Å². The van der Waals surface area contributed by atoms with Crippen molar-refractivity contribution < 1.29 is 19.8 Å². The smallest absolute Gasteiger partial charge is 0.337 e. The third kappa shape index (κ3) is 4.48. The molecule has 116 valence electrons. The van der Waals surface area contributed by atoms with Gasteiger partial charge in [0.1, 0.15) is 0 Å². The molecule has 0 spiro atoms. The van der Waals surface area contributed by atoms with Crippen LogP contribution in [0.25, 0.3) is 0 Å². The van der Waals surface area contributed by atoms with Gasteiger partial charge in [0, 0.05) is 0 Å². The fraction of sp³-hybridized carbons (Fsp3) is 0.125. The van der Waals surface area contributed by atoms with Crippen LogP contribution in [0.15, 0.2) is 36.4 Å². The third-order valence-corrected chi connectivity index (χ3v) is 3.84. The van der Waals surface area contributed by atoms with Crippen LogP contribution in [0.5, 0.6) is 0 Å². The number of hydrogen-bond acceptors (Lipinski definition) is 2. The number of hydrogen-bond donors (Lipinski definition) is 2. The minimum atomic E-state index is -1.07. The molecule has 4 nitrogen and oxygen atoms in total. The van der Waals surface area contributed by atoms with Crippen molar-refractivity contribution in [2.24, 2.45) is 0 Å². The Morgan fingerprint density at radius 2 is 1.36 bits per heavy atom. The minimum Gasteiger partial charge on any atom is -0.478 e. The highest BCUT2D eigenvalue weighted by atomic mass is 35.5. The molecule has 0 saturated carbocycles. The highest BCUT2D eigenvalue weighted by Crippen LogP contribution is 2.25. The number of benzene rings is 2. The van der Waals surface area contributed by atoms with Gasteiger partial charge in [-0.15, -0.1) is 0 Å². The van der Waals surface area contributed by atoms with Crippen LogP contribution < -0.4 is 0 Å². The molecule has 0 saturated heterocycles.